The molecule has 0 saturated heterocycles. The molecule has 2 heterocycles. The molecule has 7 nitrogen and oxygen atoms in total. The van der Waals surface area contributed by atoms with E-state index in [2.05, 4.69) is 4.98 Å². The van der Waals surface area contributed by atoms with Crippen LogP contribution in [0.5, 0.6) is 0 Å². The number of hydrogen-bond acceptors (Lipinski definition) is 7. The molecule has 22 heavy (non-hydrogen) atoms. The highest BCUT2D eigenvalue weighted by Gasteiger charge is 2.28. The summed E-state index contributed by atoms with van der Waals surface area (Å²) in [5, 5.41) is 9.48. The van der Waals surface area contributed by atoms with E-state index < -0.39 is 17.0 Å². The second kappa shape index (κ2) is 5.27. The highest BCUT2D eigenvalue weighted by molar-refractivity contribution is 7.90. The van der Waals surface area contributed by atoms with Crippen LogP contribution in [0.15, 0.2) is 35.5 Å². The van der Waals surface area contributed by atoms with E-state index in [0.29, 0.717) is 23.3 Å². The van der Waals surface area contributed by atoms with Gasteiger partial charge in [0.15, 0.2) is 5.03 Å². The highest BCUT2D eigenvalue weighted by atomic mass is 32.2. The first kappa shape index (κ1) is 14.8. The van der Waals surface area contributed by atoms with Crippen LogP contribution in [0.2, 0.25) is 0 Å². The van der Waals surface area contributed by atoms with Gasteiger partial charge >= 0.3 is 7.12 Å². The molecule has 9 heteroatoms. The molecule has 1 aromatic heterocycles. The number of anilines is 2. The molecule has 2 aromatic rings. The summed E-state index contributed by atoms with van der Waals surface area (Å²) in [4.78, 5) is 3.82. The Morgan fingerprint density at radius 1 is 1.32 bits per heavy atom. The smallest absolute Gasteiger partial charge is 0.423 e. The van der Waals surface area contributed by atoms with Crippen LogP contribution in [-0.2, 0) is 26.9 Å². The minimum Gasteiger partial charge on any atom is -0.423 e. The van der Waals surface area contributed by atoms with Crippen LogP contribution in [0.4, 0.5) is 11.4 Å². The number of aromatic nitrogens is 1. The first-order chi connectivity index (χ1) is 10.4. The van der Waals surface area contributed by atoms with Crippen LogP contribution in [-0.4, -0.2) is 25.5 Å². The van der Waals surface area contributed by atoms with E-state index in [0.717, 1.165) is 5.56 Å². The van der Waals surface area contributed by atoms with Gasteiger partial charge in [-0.05, 0) is 22.7 Å². The fraction of sp³-hybridized carbons (Fsp3) is 0.154. The van der Waals surface area contributed by atoms with Crippen molar-refractivity contribution in [2.45, 2.75) is 17.4 Å². The molecule has 0 spiro atoms. The first-order valence-electron chi connectivity index (χ1n) is 6.52. The molecule has 0 unspecified atom stereocenters. The Balaban J connectivity index is 1.93. The zero-order valence-corrected chi connectivity index (χ0v) is 12.4. The molecule has 0 fully saturated rings. The van der Waals surface area contributed by atoms with Gasteiger partial charge in [0.05, 0.1) is 29.9 Å². The normalized spacial score (nSPS) is 14.1. The largest absolute Gasteiger partial charge is 0.491 e. The lowest BCUT2D eigenvalue weighted by atomic mass is 9.79. The van der Waals surface area contributed by atoms with E-state index in [-0.39, 0.29) is 16.5 Å². The number of hydrogen-bond donors (Lipinski definition) is 3. The van der Waals surface area contributed by atoms with Gasteiger partial charge in [-0.25, -0.2) is 13.4 Å². The van der Waals surface area contributed by atoms with Crippen molar-refractivity contribution in [3.05, 3.63) is 41.6 Å². The second-order valence-corrected chi connectivity index (χ2v) is 7.02. The Labute approximate surface area is 128 Å². The number of nitrogens with zero attached hydrogens (tertiary/aromatic N) is 1. The fourth-order valence-electron chi connectivity index (χ4n) is 2.39. The quantitative estimate of drug-likeness (QED) is 0.647. The van der Waals surface area contributed by atoms with Gasteiger partial charge in [-0.1, -0.05) is 18.2 Å². The molecule has 0 atom stereocenters. The SMILES string of the molecule is Nc1cnc(S(=O)(=O)Cc2ccc3c(c2)B(O)OC3)c(N)c1. The van der Waals surface area contributed by atoms with Crippen molar-refractivity contribution in [3.8, 4) is 0 Å². The molecule has 0 saturated carbocycles. The summed E-state index contributed by atoms with van der Waals surface area (Å²) in [5.41, 5.74) is 13.5. The predicted molar refractivity (Wildman–Crippen MR) is 82.8 cm³/mol. The Kier molecular flexibility index (Phi) is 3.55. The molecular weight excluding hydrogens is 305 g/mol. The van der Waals surface area contributed by atoms with Crippen molar-refractivity contribution >= 4 is 33.8 Å². The fourth-order valence-corrected chi connectivity index (χ4v) is 3.77. The van der Waals surface area contributed by atoms with E-state index >= 15 is 0 Å². The molecule has 0 bridgehead atoms. The van der Waals surface area contributed by atoms with E-state index in [1.807, 2.05) is 0 Å². The van der Waals surface area contributed by atoms with Gasteiger partial charge in [-0.15, -0.1) is 0 Å². The van der Waals surface area contributed by atoms with E-state index in [1.165, 1.54) is 12.3 Å². The van der Waals surface area contributed by atoms with Gasteiger partial charge in [0.2, 0.25) is 9.84 Å². The zero-order chi connectivity index (χ0) is 15.9. The van der Waals surface area contributed by atoms with Crippen molar-refractivity contribution in [3.63, 3.8) is 0 Å². The molecule has 1 aromatic carbocycles. The van der Waals surface area contributed by atoms with Crippen LogP contribution >= 0.6 is 0 Å². The Morgan fingerprint density at radius 2 is 2.09 bits per heavy atom. The van der Waals surface area contributed by atoms with Crippen LogP contribution in [0.25, 0.3) is 0 Å². The van der Waals surface area contributed by atoms with Crippen LogP contribution in [0, 0.1) is 0 Å². The second-order valence-electron chi connectivity index (χ2n) is 5.12. The lowest BCUT2D eigenvalue weighted by Crippen LogP contribution is -2.28. The minimum atomic E-state index is -3.71. The number of pyridine rings is 1. The molecular formula is C13H14BN3O4S. The third-order valence-corrected chi connectivity index (χ3v) is 5.07. The molecule has 1 aliphatic rings. The zero-order valence-electron chi connectivity index (χ0n) is 11.6. The molecule has 1 aliphatic heterocycles. The van der Waals surface area contributed by atoms with Crippen molar-refractivity contribution in [2.75, 3.05) is 11.5 Å². The number of nitrogens with two attached hydrogens (primary N) is 2. The van der Waals surface area contributed by atoms with Gasteiger partial charge in [-0.2, -0.15) is 0 Å². The highest BCUT2D eigenvalue weighted by Crippen LogP contribution is 2.22. The van der Waals surface area contributed by atoms with Gasteiger partial charge < -0.3 is 21.1 Å². The van der Waals surface area contributed by atoms with Gasteiger partial charge in [0.25, 0.3) is 0 Å². The summed E-state index contributed by atoms with van der Waals surface area (Å²) in [6.07, 6.45) is 1.25. The number of rotatable bonds is 3. The predicted octanol–water partition coefficient (Wildman–Crippen LogP) is -0.562. The Morgan fingerprint density at radius 3 is 2.82 bits per heavy atom. The number of sulfone groups is 1. The Bertz CT molecular complexity index is 841. The molecule has 0 aliphatic carbocycles. The molecule has 5 N–H and O–H groups in total. The van der Waals surface area contributed by atoms with Crippen molar-refractivity contribution in [1.29, 1.82) is 0 Å². The van der Waals surface area contributed by atoms with Gasteiger partial charge in [0.1, 0.15) is 0 Å². The van der Waals surface area contributed by atoms with Gasteiger partial charge in [-0.3, -0.25) is 0 Å². The molecule has 0 radical (unpaired) electrons. The van der Waals surface area contributed by atoms with E-state index in [1.54, 1.807) is 18.2 Å². The summed E-state index contributed by atoms with van der Waals surface area (Å²) in [5.74, 6) is -0.270. The van der Waals surface area contributed by atoms with Crippen LogP contribution in [0.1, 0.15) is 11.1 Å². The monoisotopic (exact) mass is 319 g/mol. The van der Waals surface area contributed by atoms with Crippen LogP contribution in [0.3, 0.4) is 0 Å². The first-order valence-corrected chi connectivity index (χ1v) is 8.17. The standard InChI is InChI=1S/C13H14BN3O4S/c15-10-4-12(16)13(17-5-10)22(19,20)7-8-1-2-9-6-21-14(18)11(9)3-8/h1-5,18H,6-7,15-16H2. The molecule has 3 rings (SSSR count). The summed E-state index contributed by atoms with van der Waals surface area (Å²) < 4.78 is 30.0. The van der Waals surface area contributed by atoms with E-state index in [4.69, 9.17) is 16.1 Å². The third-order valence-electron chi connectivity index (χ3n) is 3.42. The minimum absolute atomic E-state index is 0.0181. The van der Waals surface area contributed by atoms with Crippen molar-refractivity contribution < 1.29 is 18.1 Å². The maximum atomic E-state index is 12.4. The molecule has 114 valence electrons. The number of benzene rings is 1. The average molecular weight is 319 g/mol. The number of nitrogen functional groups attached to an aromatic ring is 2. The summed E-state index contributed by atoms with van der Waals surface area (Å²) >= 11 is 0. The van der Waals surface area contributed by atoms with Gasteiger partial charge in [0, 0.05) is 0 Å². The third kappa shape index (κ3) is 2.65. The summed E-state index contributed by atoms with van der Waals surface area (Å²) in [6.45, 7) is 0.315. The maximum Gasteiger partial charge on any atom is 0.491 e. The lowest BCUT2D eigenvalue weighted by Gasteiger charge is -2.08. The average Bonchev–Trinajstić information content (AvgIpc) is 2.79. The van der Waals surface area contributed by atoms with E-state index in [9.17, 15) is 13.4 Å². The Hall–Kier alpha value is -2.10. The molecule has 0 amide bonds. The van der Waals surface area contributed by atoms with Crippen LogP contribution < -0.4 is 16.9 Å². The summed E-state index contributed by atoms with van der Waals surface area (Å²) in [7, 11) is -4.73. The summed E-state index contributed by atoms with van der Waals surface area (Å²) in [6, 6.07) is 6.42. The maximum absolute atomic E-state index is 12.4. The van der Waals surface area contributed by atoms with Crippen molar-refractivity contribution in [1.82, 2.24) is 4.98 Å². The topological polar surface area (TPSA) is 129 Å². The van der Waals surface area contributed by atoms with Crippen molar-refractivity contribution in [2.24, 2.45) is 0 Å². The number of fused-ring (bicyclic) bond motifs is 1. The lowest BCUT2D eigenvalue weighted by molar-refractivity contribution is 0.275.